The predicted octanol–water partition coefficient (Wildman–Crippen LogP) is 3.96. The average molecular weight is 545 g/mol. The van der Waals surface area contributed by atoms with Crippen LogP contribution in [0.1, 0.15) is 47.2 Å². The van der Waals surface area contributed by atoms with E-state index in [4.69, 9.17) is 9.47 Å². The number of amides is 3. The number of hydrogen-bond acceptors (Lipinski definition) is 8. The zero-order valence-electron chi connectivity index (χ0n) is 23.0. The lowest BCUT2D eigenvalue weighted by Gasteiger charge is -2.37. The van der Waals surface area contributed by atoms with Gasteiger partial charge in [-0.05, 0) is 51.1 Å². The molecule has 0 spiro atoms. The third kappa shape index (κ3) is 5.54. The number of benzene rings is 1. The van der Waals surface area contributed by atoms with Crippen LogP contribution in [0.3, 0.4) is 0 Å². The van der Waals surface area contributed by atoms with Crippen molar-refractivity contribution in [3.63, 3.8) is 0 Å². The summed E-state index contributed by atoms with van der Waals surface area (Å²) < 4.78 is 10.9. The third-order valence-corrected chi connectivity index (χ3v) is 6.71. The van der Waals surface area contributed by atoms with Gasteiger partial charge in [0.15, 0.2) is 0 Å². The molecule has 0 radical (unpaired) electrons. The van der Waals surface area contributed by atoms with E-state index in [0.29, 0.717) is 55.5 Å². The van der Waals surface area contributed by atoms with Crippen LogP contribution in [0.5, 0.6) is 5.75 Å². The number of carbonyl (C=O) groups excluding carboxylic acids is 3. The molecule has 3 amide bonds. The molecular weight excluding hydrogens is 512 g/mol. The number of rotatable bonds is 5. The van der Waals surface area contributed by atoms with E-state index in [9.17, 15) is 14.4 Å². The highest BCUT2D eigenvalue weighted by molar-refractivity contribution is 6.10. The molecule has 2 aliphatic heterocycles. The molecule has 0 saturated carbocycles. The van der Waals surface area contributed by atoms with Crippen LogP contribution in [-0.4, -0.2) is 71.7 Å². The highest BCUT2D eigenvalue weighted by Crippen LogP contribution is 2.33. The van der Waals surface area contributed by atoms with Crippen LogP contribution < -0.4 is 19.9 Å². The van der Waals surface area contributed by atoms with Crippen LogP contribution in [0.4, 0.5) is 22.0 Å². The molecule has 208 valence electrons. The molecule has 1 fully saturated rings. The number of nitrogens with zero attached hydrogens (tertiary/aromatic N) is 5. The largest absolute Gasteiger partial charge is 0.496 e. The molecule has 11 nitrogen and oxygen atoms in total. The first-order valence-corrected chi connectivity index (χ1v) is 13.1. The second kappa shape index (κ2) is 10.8. The Morgan fingerprint density at radius 2 is 1.75 bits per heavy atom. The van der Waals surface area contributed by atoms with Crippen LogP contribution in [0.2, 0.25) is 0 Å². The minimum atomic E-state index is -0.555. The quantitative estimate of drug-likeness (QED) is 0.513. The van der Waals surface area contributed by atoms with Crippen molar-refractivity contribution in [2.24, 2.45) is 0 Å². The van der Waals surface area contributed by atoms with E-state index in [2.05, 4.69) is 20.2 Å². The van der Waals surface area contributed by atoms with E-state index in [1.54, 1.807) is 54.7 Å². The molecule has 5 rings (SSSR count). The first kappa shape index (κ1) is 26.9. The first-order chi connectivity index (χ1) is 19.1. The second-order valence-electron chi connectivity index (χ2n) is 10.6. The van der Waals surface area contributed by atoms with E-state index in [1.807, 2.05) is 32.9 Å². The Labute approximate surface area is 232 Å². The Hall–Kier alpha value is -4.67. The van der Waals surface area contributed by atoms with Crippen molar-refractivity contribution in [1.82, 2.24) is 14.9 Å². The Morgan fingerprint density at radius 3 is 2.48 bits per heavy atom. The smallest absolute Gasteiger partial charge is 0.410 e. The summed E-state index contributed by atoms with van der Waals surface area (Å²) in [6.07, 6.45) is 2.92. The van der Waals surface area contributed by atoms with Crippen LogP contribution in [0.25, 0.3) is 0 Å². The summed E-state index contributed by atoms with van der Waals surface area (Å²) in [7, 11) is 1.57. The molecule has 2 aromatic heterocycles. The van der Waals surface area contributed by atoms with E-state index in [1.165, 1.54) is 4.90 Å². The van der Waals surface area contributed by atoms with Crippen molar-refractivity contribution in [1.29, 1.82) is 0 Å². The highest BCUT2D eigenvalue weighted by atomic mass is 16.6. The van der Waals surface area contributed by atoms with Gasteiger partial charge < -0.3 is 24.6 Å². The molecule has 2 aliphatic rings. The molecule has 1 N–H and O–H groups in total. The number of ether oxygens (including phenoxy) is 2. The predicted molar refractivity (Wildman–Crippen MR) is 150 cm³/mol. The standard InChI is InChI=1S/C29H32N6O5/c1-29(2,3)40-28(38)34-15-13-33(14-16-34)23-11-12-30-17-22(23)32-26(36)21-8-6-10-25(31-21)35-18-20-19(27(35)37)7-5-9-24(20)39-4/h5-12,17H,13-16,18H2,1-4H3,(H,32,36). The summed E-state index contributed by atoms with van der Waals surface area (Å²) in [5.41, 5.74) is 2.28. The van der Waals surface area contributed by atoms with Crippen molar-refractivity contribution in [2.45, 2.75) is 32.9 Å². The Morgan fingerprint density at radius 1 is 1.00 bits per heavy atom. The van der Waals surface area contributed by atoms with E-state index in [0.717, 1.165) is 11.3 Å². The number of piperazine rings is 1. The van der Waals surface area contributed by atoms with Crippen molar-refractivity contribution in [2.75, 3.05) is 48.4 Å². The monoisotopic (exact) mass is 544 g/mol. The summed E-state index contributed by atoms with van der Waals surface area (Å²) in [4.78, 5) is 52.8. The lowest BCUT2D eigenvalue weighted by atomic mass is 10.1. The third-order valence-electron chi connectivity index (χ3n) is 6.71. The lowest BCUT2D eigenvalue weighted by molar-refractivity contribution is 0.0240. The fraction of sp³-hybridized carbons (Fsp3) is 0.345. The van der Waals surface area contributed by atoms with Gasteiger partial charge in [0.1, 0.15) is 22.9 Å². The molecular formula is C29H32N6O5. The number of methoxy groups -OCH3 is 1. The van der Waals surface area contributed by atoms with Gasteiger partial charge in [0.2, 0.25) is 0 Å². The molecule has 0 aliphatic carbocycles. The zero-order chi connectivity index (χ0) is 28.4. The maximum atomic E-state index is 13.3. The minimum Gasteiger partial charge on any atom is -0.496 e. The van der Waals surface area contributed by atoms with Gasteiger partial charge >= 0.3 is 6.09 Å². The minimum absolute atomic E-state index is 0.165. The Bertz CT molecular complexity index is 1440. The highest BCUT2D eigenvalue weighted by Gasteiger charge is 2.32. The number of pyridine rings is 2. The number of anilines is 3. The molecule has 1 saturated heterocycles. The molecule has 0 unspecified atom stereocenters. The van der Waals surface area contributed by atoms with Crippen LogP contribution in [-0.2, 0) is 11.3 Å². The van der Waals surface area contributed by atoms with Gasteiger partial charge in [-0.1, -0.05) is 12.1 Å². The van der Waals surface area contributed by atoms with E-state index >= 15 is 0 Å². The zero-order valence-corrected chi connectivity index (χ0v) is 23.0. The fourth-order valence-electron chi connectivity index (χ4n) is 4.78. The average Bonchev–Trinajstić information content (AvgIpc) is 3.29. The second-order valence-corrected chi connectivity index (χ2v) is 10.6. The van der Waals surface area contributed by atoms with E-state index < -0.39 is 11.5 Å². The van der Waals surface area contributed by atoms with Gasteiger partial charge in [-0.25, -0.2) is 9.78 Å². The normalized spacial score (nSPS) is 15.1. The number of carbonyl (C=O) groups is 3. The lowest BCUT2D eigenvalue weighted by Crippen LogP contribution is -2.50. The number of fused-ring (bicyclic) bond motifs is 1. The van der Waals surface area contributed by atoms with E-state index in [-0.39, 0.29) is 17.7 Å². The van der Waals surface area contributed by atoms with Gasteiger partial charge in [-0.3, -0.25) is 19.5 Å². The molecule has 3 aromatic rings. The van der Waals surface area contributed by atoms with Gasteiger partial charge in [0.25, 0.3) is 11.8 Å². The molecule has 11 heteroatoms. The van der Waals surface area contributed by atoms with Crippen molar-refractivity contribution >= 4 is 35.1 Å². The maximum absolute atomic E-state index is 13.3. The number of hydrogen-bond donors (Lipinski definition) is 1. The van der Waals surface area contributed by atoms with Crippen molar-refractivity contribution < 1.29 is 23.9 Å². The van der Waals surface area contributed by atoms with Gasteiger partial charge in [-0.15, -0.1) is 0 Å². The summed E-state index contributed by atoms with van der Waals surface area (Å²) in [6.45, 7) is 7.96. The number of aromatic nitrogens is 2. The van der Waals surface area contributed by atoms with Crippen LogP contribution in [0, 0.1) is 0 Å². The summed E-state index contributed by atoms with van der Waals surface area (Å²) in [6, 6.07) is 12.2. The van der Waals surface area contributed by atoms with Crippen molar-refractivity contribution in [3.8, 4) is 5.75 Å². The molecule has 0 bridgehead atoms. The van der Waals surface area contributed by atoms with Gasteiger partial charge in [0.05, 0.1) is 31.2 Å². The van der Waals surface area contributed by atoms with Gasteiger partial charge in [-0.2, -0.15) is 0 Å². The van der Waals surface area contributed by atoms with Crippen LogP contribution >= 0.6 is 0 Å². The molecule has 0 atom stereocenters. The van der Waals surface area contributed by atoms with Crippen molar-refractivity contribution in [3.05, 3.63) is 71.7 Å². The molecule has 40 heavy (non-hydrogen) atoms. The Balaban J connectivity index is 1.28. The maximum Gasteiger partial charge on any atom is 0.410 e. The fourth-order valence-corrected chi connectivity index (χ4v) is 4.78. The van der Waals surface area contributed by atoms with Gasteiger partial charge in [0, 0.05) is 43.5 Å². The SMILES string of the molecule is COc1cccc2c1CN(c1cccc(C(=O)Nc3cnccc3N3CCN(C(=O)OC(C)(C)C)CC3)n1)C2=O. The summed E-state index contributed by atoms with van der Waals surface area (Å²) in [5.74, 6) is 0.392. The summed E-state index contributed by atoms with van der Waals surface area (Å²) >= 11 is 0. The Kier molecular flexibility index (Phi) is 7.29. The number of nitrogens with one attached hydrogen (secondary N) is 1. The molecule has 4 heterocycles. The topological polar surface area (TPSA) is 117 Å². The molecule has 1 aromatic carbocycles. The summed E-state index contributed by atoms with van der Waals surface area (Å²) in [5, 5.41) is 2.92. The van der Waals surface area contributed by atoms with Crippen LogP contribution in [0.15, 0.2) is 54.9 Å². The first-order valence-electron chi connectivity index (χ1n) is 13.1.